The molecule has 0 heterocycles. The highest BCUT2D eigenvalue weighted by Crippen LogP contribution is 2.15. The third-order valence-corrected chi connectivity index (χ3v) is 3.19. The first-order valence-electron chi connectivity index (χ1n) is 6.99. The second kappa shape index (κ2) is 10.00. The summed E-state index contributed by atoms with van der Waals surface area (Å²) in [7, 11) is 0. The van der Waals surface area contributed by atoms with Crippen LogP contribution in [-0.2, 0) is 4.74 Å². The zero-order valence-corrected chi connectivity index (χ0v) is 12.9. The summed E-state index contributed by atoms with van der Waals surface area (Å²) in [5.74, 6) is 0.761. The Labute approximate surface area is 126 Å². The van der Waals surface area contributed by atoms with Crippen LogP contribution in [0.15, 0.2) is 24.3 Å². The van der Waals surface area contributed by atoms with Gasteiger partial charge in [0.05, 0.1) is 19.3 Å². The predicted octanol–water partition coefficient (Wildman–Crippen LogP) is 2.48. The second-order valence-electron chi connectivity index (χ2n) is 4.75. The van der Waals surface area contributed by atoms with Gasteiger partial charge in [-0.2, -0.15) is 0 Å². The van der Waals surface area contributed by atoms with E-state index in [2.05, 4.69) is 19.2 Å². The lowest BCUT2D eigenvalue weighted by Crippen LogP contribution is -2.35. The van der Waals surface area contributed by atoms with Crippen LogP contribution in [0.2, 0.25) is 5.02 Å². The summed E-state index contributed by atoms with van der Waals surface area (Å²) in [5.41, 5.74) is 0. The number of hydrogen-bond donors (Lipinski definition) is 2. The maximum absolute atomic E-state index is 9.70. The summed E-state index contributed by atoms with van der Waals surface area (Å²) >= 11 is 5.78. The number of benzene rings is 1. The van der Waals surface area contributed by atoms with Gasteiger partial charge in [0.15, 0.2) is 0 Å². The van der Waals surface area contributed by atoms with E-state index in [0.717, 1.165) is 12.2 Å². The van der Waals surface area contributed by atoms with E-state index in [1.54, 1.807) is 12.1 Å². The minimum Gasteiger partial charge on any atom is -0.491 e. The van der Waals surface area contributed by atoms with Crippen molar-refractivity contribution in [3.05, 3.63) is 29.3 Å². The van der Waals surface area contributed by atoms with E-state index in [-0.39, 0.29) is 0 Å². The van der Waals surface area contributed by atoms with Gasteiger partial charge in [-0.1, -0.05) is 18.5 Å². The van der Waals surface area contributed by atoms with E-state index in [0.29, 0.717) is 37.4 Å². The Morgan fingerprint density at radius 2 is 1.95 bits per heavy atom. The van der Waals surface area contributed by atoms with E-state index < -0.39 is 6.10 Å². The molecule has 1 rings (SSSR count). The molecule has 0 unspecified atom stereocenters. The predicted molar refractivity (Wildman–Crippen MR) is 81.5 cm³/mol. The first-order valence-corrected chi connectivity index (χ1v) is 7.37. The van der Waals surface area contributed by atoms with Crippen LogP contribution < -0.4 is 10.1 Å². The van der Waals surface area contributed by atoms with Crippen LogP contribution in [0.4, 0.5) is 0 Å². The minimum atomic E-state index is -0.487. The highest BCUT2D eigenvalue weighted by Gasteiger charge is 2.06. The SMILES string of the molecule is CC[C@@H](C)NC[C@H](O)COCCOc1ccc(Cl)cc1. The zero-order valence-electron chi connectivity index (χ0n) is 12.1. The first-order chi connectivity index (χ1) is 9.61. The molecule has 0 aliphatic rings. The summed E-state index contributed by atoms with van der Waals surface area (Å²) in [6, 6.07) is 7.60. The number of nitrogens with one attached hydrogen (secondary N) is 1. The first kappa shape index (κ1) is 17.2. The lowest BCUT2D eigenvalue weighted by atomic mass is 10.2. The molecular formula is C15H24ClNO3. The average molecular weight is 302 g/mol. The molecule has 0 bridgehead atoms. The van der Waals surface area contributed by atoms with Crippen LogP contribution in [0.3, 0.4) is 0 Å². The van der Waals surface area contributed by atoms with Crippen molar-refractivity contribution in [3.63, 3.8) is 0 Å². The standard InChI is InChI=1S/C15H24ClNO3/c1-3-12(2)17-10-14(18)11-19-8-9-20-15-6-4-13(16)5-7-15/h4-7,12,14,17-18H,3,8-11H2,1-2H3/t12-,14+/m1/s1. The molecule has 2 atom stereocenters. The largest absolute Gasteiger partial charge is 0.491 e. The Morgan fingerprint density at radius 1 is 1.25 bits per heavy atom. The van der Waals surface area contributed by atoms with E-state index in [9.17, 15) is 5.11 Å². The smallest absolute Gasteiger partial charge is 0.119 e. The lowest BCUT2D eigenvalue weighted by Gasteiger charge is -2.16. The zero-order chi connectivity index (χ0) is 14.8. The molecule has 0 amide bonds. The maximum Gasteiger partial charge on any atom is 0.119 e. The Balaban J connectivity index is 2.02. The molecule has 20 heavy (non-hydrogen) atoms. The number of ether oxygens (including phenoxy) is 2. The van der Waals surface area contributed by atoms with Crippen LogP contribution >= 0.6 is 11.6 Å². The van der Waals surface area contributed by atoms with E-state index in [1.807, 2.05) is 12.1 Å². The molecule has 0 saturated carbocycles. The molecule has 0 spiro atoms. The van der Waals surface area contributed by atoms with Crippen LogP contribution in [0.5, 0.6) is 5.75 Å². The number of rotatable bonds is 10. The molecule has 5 heteroatoms. The quantitative estimate of drug-likeness (QED) is 0.652. The minimum absolute atomic E-state index is 0.313. The van der Waals surface area contributed by atoms with Gasteiger partial charge in [-0.25, -0.2) is 0 Å². The van der Waals surface area contributed by atoms with Gasteiger partial charge in [-0.15, -0.1) is 0 Å². The van der Waals surface area contributed by atoms with E-state index in [1.165, 1.54) is 0 Å². The summed E-state index contributed by atoms with van der Waals surface area (Å²) in [6.07, 6.45) is 0.558. The van der Waals surface area contributed by atoms with Crippen LogP contribution in [-0.4, -0.2) is 43.6 Å². The van der Waals surface area contributed by atoms with Crippen molar-refractivity contribution in [2.75, 3.05) is 26.4 Å². The molecule has 0 aliphatic heterocycles. The van der Waals surface area contributed by atoms with E-state index in [4.69, 9.17) is 21.1 Å². The number of hydrogen-bond acceptors (Lipinski definition) is 4. The van der Waals surface area contributed by atoms with Gasteiger partial charge < -0.3 is 19.9 Å². The van der Waals surface area contributed by atoms with Crippen molar-refractivity contribution in [2.45, 2.75) is 32.4 Å². The third-order valence-electron chi connectivity index (χ3n) is 2.93. The maximum atomic E-state index is 9.70. The molecule has 2 N–H and O–H groups in total. The molecule has 1 aromatic carbocycles. The number of halogens is 1. The van der Waals surface area contributed by atoms with Crippen molar-refractivity contribution < 1.29 is 14.6 Å². The molecule has 114 valence electrons. The molecule has 0 aromatic heterocycles. The topological polar surface area (TPSA) is 50.7 Å². The molecule has 0 saturated heterocycles. The molecule has 0 aliphatic carbocycles. The Bertz CT molecular complexity index is 359. The molecular weight excluding hydrogens is 278 g/mol. The van der Waals surface area contributed by atoms with E-state index >= 15 is 0 Å². The average Bonchev–Trinajstić information content (AvgIpc) is 2.46. The normalized spacial score (nSPS) is 14.0. The Morgan fingerprint density at radius 3 is 2.60 bits per heavy atom. The summed E-state index contributed by atoms with van der Waals surface area (Å²) in [6.45, 7) is 5.96. The molecule has 0 radical (unpaired) electrons. The molecule has 1 aromatic rings. The summed E-state index contributed by atoms with van der Waals surface area (Å²) < 4.78 is 10.8. The monoisotopic (exact) mass is 301 g/mol. The fourth-order valence-electron chi connectivity index (χ4n) is 1.51. The van der Waals surface area contributed by atoms with Crippen molar-refractivity contribution in [2.24, 2.45) is 0 Å². The molecule has 4 nitrogen and oxygen atoms in total. The van der Waals surface area contributed by atoms with Crippen LogP contribution in [0, 0.1) is 0 Å². The van der Waals surface area contributed by atoms with Gasteiger partial charge in [0.1, 0.15) is 12.4 Å². The van der Waals surface area contributed by atoms with Gasteiger partial charge in [0.2, 0.25) is 0 Å². The van der Waals surface area contributed by atoms with Crippen molar-refractivity contribution in [1.82, 2.24) is 5.32 Å². The lowest BCUT2D eigenvalue weighted by molar-refractivity contribution is 0.0241. The Hall–Kier alpha value is -0.810. The van der Waals surface area contributed by atoms with Gasteiger partial charge in [0.25, 0.3) is 0 Å². The van der Waals surface area contributed by atoms with Crippen LogP contribution in [0.25, 0.3) is 0 Å². The highest BCUT2D eigenvalue weighted by molar-refractivity contribution is 6.30. The highest BCUT2D eigenvalue weighted by atomic mass is 35.5. The van der Waals surface area contributed by atoms with Crippen molar-refractivity contribution in [3.8, 4) is 5.75 Å². The van der Waals surface area contributed by atoms with Gasteiger partial charge >= 0.3 is 0 Å². The molecule has 0 fully saturated rings. The van der Waals surface area contributed by atoms with Crippen molar-refractivity contribution >= 4 is 11.6 Å². The number of aliphatic hydroxyl groups is 1. The fraction of sp³-hybridized carbons (Fsp3) is 0.600. The second-order valence-corrected chi connectivity index (χ2v) is 5.19. The summed E-state index contributed by atoms with van der Waals surface area (Å²) in [4.78, 5) is 0. The fourth-order valence-corrected chi connectivity index (χ4v) is 1.64. The third kappa shape index (κ3) is 7.70. The van der Waals surface area contributed by atoms with Crippen molar-refractivity contribution in [1.29, 1.82) is 0 Å². The Kier molecular flexibility index (Phi) is 8.62. The van der Waals surface area contributed by atoms with Gasteiger partial charge in [-0.3, -0.25) is 0 Å². The van der Waals surface area contributed by atoms with Gasteiger partial charge in [-0.05, 0) is 37.6 Å². The van der Waals surface area contributed by atoms with Crippen LogP contribution in [0.1, 0.15) is 20.3 Å². The number of aliphatic hydroxyl groups excluding tert-OH is 1. The van der Waals surface area contributed by atoms with Gasteiger partial charge in [0, 0.05) is 17.6 Å². The summed E-state index contributed by atoms with van der Waals surface area (Å²) in [5, 5.41) is 13.6.